The van der Waals surface area contributed by atoms with Crippen LogP contribution >= 0.6 is 0 Å². The maximum atomic E-state index is 12.6. The zero-order valence-corrected chi connectivity index (χ0v) is 35.3. The van der Waals surface area contributed by atoms with E-state index in [1.54, 1.807) is 17.0 Å². The third-order valence-corrected chi connectivity index (χ3v) is 14.9. The first-order valence-corrected chi connectivity index (χ1v) is 22.7. The molecule has 14 heteroatoms. The minimum absolute atomic E-state index is 0.0919. The highest BCUT2D eigenvalue weighted by Crippen LogP contribution is 2.56. The number of hydrogen-bond donors (Lipinski definition) is 3. The van der Waals surface area contributed by atoms with Gasteiger partial charge in [-0.25, -0.2) is 9.78 Å². The van der Waals surface area contributed by atoms with Crippen LogP contribution in [0.15, 0.2) is 73.1 Å². The van der Waals surface area contributed by atoms with Gasteiger partial charge in [0.1, 0.15) is 17.5 Å². The first-order chi connectivity index (χ1) is 30.3. The number of aromatic nitrogens is 4. The van der Waals surface area contributed by atoms with Crippen molar-refractivity contribution in [3.05, 3.63) is 84.2 Å². The van der Waals surface area contributed by atoms with Crippen LogP contribution in [0.5, 0.6) is 5.75 Å². The summed E-state index contributed by atoms with van der Waals surface area (Å²) < 4.78 is 8.72. The quantitative estimate of drug-likeness (QED) is 0.140. The molecule has 4 N–H and O–H groups in total. The number of imide groups is 1. The number of nitrogens with one attached hydrogen (secondary N) is 1. The zero-order chi connectivity index (χ0) is 42.0. The Morgan fingerprint density at radius 3 is 2.42 bits per heavy atom. The summed E-state index contributed by atoms with van der Waals surface area (Å²) in [4.78, 5) is 38.4. The van der Waals surface area contributed by atoms with Crippen molar-refractivity contribution < 1.29 is 19.4 Å². The van der Waals surface area contributed by atoms with Crippen LogP contribution in [0.1, 0.15) is 87.0 Å². The summed E-state index contributed by atoms with van der Waals surface area (Å²) in [6, 6.07) is 20.2. The van der Waals surface area contributed by atoms with Crippen molar-refractivity contribution in [1.29, 1.82) is 0 Å². The number of pyridine rings is 1. The standard InChI is InChI=1S/C48H56N10O4/c49-45-41(24-40(52-53-45)37-3-1-2-4-42(37)59)56-21-22-62-43(30-56)33-7-9-34(10-8-33)55-16-11-31(12-17-55)28-54-19-14-48(15-20-54)25-36(26-48)58-29-39(32-5-6-32)38-23-35(27-50-46(38)58)57-18-13-44(60)51-47(57)61/h1-4,7-10,23-24,27,29,31-32,36,43,59H,5-6,11-22,25-26,28,30H2,(H2,49,53)(H,51,60,61)/t43-/m1/s1. The predicted octanol–water partition coefficient (Wildman–Crippen LogP) is 7.02. The van der Waals surface area contributed by atoms with Crippen molar-refractivity contribution in [1.82, 2.24) is 30.0 Å². The molecule has 3 aromatic heterocycles. The number of carbonyl (C=O) groups is 2. The number of nitrogens with zero attached hydrogens (tertiary/aromatic N) is 8. The highest BCUT2D eigenvalue weighted by Gasteiger charge is 2.47. The molecule has 7 heterocycles. The number of piperidine rings is 2. The summed E-state index contributed by atoms with van der Waals surface area (Å²) >= 11 is 0. The van der Waals surface area contributed by atoms with Gasteiger partial charge in [-0.3, -0.25) is 15.0 Å². The number of ether oxygens (including phenoxy) is 1. The first-order valence-electron chi connectivity index (χ1n) is 22.7. The van der Waals surface area contributed by atoms with Gasteiger partial charge < -0.3 is 34.8 Å². The van der Waals surface area contributed by atoms with Crippen molar-refractivity contribution in [2.75, 3.05) is 79.4 Å². The molecule has 6 fully saturated rings. The molecule has 14 nitrogen and oxygen atoms in total. The van der Waals surface area contributed by atoms with Crippen molar-refractivity contribution in [2.45, 2.75) is 75.9 Å². The molecule has 2 saturated carbocycles. The Bertz CT molecular complexity index is 2480. The van der Waals surface area contributed by atoms with Gasteiger partial charge in [-0.2, -0.15) is 0 Å². The largest absolute Gasteiger partial charge is 0.507 e. The Kier molecular flexibility index (Phi) is 10.0. The van der Waals surface area contributed by atoms with E-state index in [1.807, 2.05) is 24.4 Å². The smallest absolute Gasteiger partial charge is 0.328 e. The third kappa shape index (κ3) is 7.50. The van der Waals surface area contributed by atoms with Gasteiger partial charge in [-0.1, -0.05) is 24.3 Å². The van der Waals surface area contributed by atoms with Gasteiger partial charge in [0.05, 0.1) is 29.9 Å². The van der Waals surface area contributed by atoms with E-state index >= 15 is 0 Å². The van der Waals surface area contributed by atoms with E-state index in [9.17, 15) is 14.7 Å². The van der Waals surface area contributed by atoms with Crippen LogP contribution in [0.2, 0.25) is 0 Å². The number of fused-ring (bicyclic) bond motifs is 1. The van der Waals surface area contributed by atoms with Crippen LogP contribution in [-0.4, -0.2) is 101 Å². The molecule has 6 aliphatic rings. The summed E-state index contributed by atoms with van der Waals surface area (Å²) in [5, 5.41) is 22.5. The van der Waals surface area contributed by atoms with E-state index in [0.717, 1.165) is 41.6 Å². The Morgan fingerprint density at radius 1 is 0.871 bits per heavy atom. The lowest BCUT2D eigenvalue weighted by Gasteiger charge is -2.53. The number of phenolic OH excluding ortho intramolecular Hbond substituents is 1. The summed E-state index contributed by atoms with van der Waals surface area (Å²) in [5.74, 6) is 1.63. The van der Waals surface area contributed by atoms with Gasteiger partial charge in [-0.15, -0.1) is 10.2 Å². The Morgan fingerprint density at radius 2 is 1.66 bits per heavy atom. The molecule has 11 rings (SSSR count). The summed E-state index contributed by atoms with van der Waals surface area (Å²) in [7, 11) is 0. The van der Waals surface area contributed by atoms with E-state index in [0.29, 0.717) is 67.1 Å². The second kappa shape index (κ2) is 15.9. The molecule has 4 aliphatic heterocycles. The lowest BCUT2D eigenvalue weighted by atomic mass is 9.60. The minimum Gasteiger partial charge on any atom is -0.507 e. The molecule has 2 aliphatic carbocycles. The van der Waals surface area contributed by atoms with Crippen LogP contribution in [0.3, 0.4) is 0 Å². The van der Waals surface area contributed by atoms with Gasteiger partial charge in [0.25, 0.3) is 0 Å². The van der Waals surface area contributed by atoms with Gasteiger partial charge in [0.15, 0.2) is 5.82 Å². The van der Waals surface area contributed by atoms with Crippen molar-refractivity contribution >= 4 is 45.9 Å². The fraction of sp³-hybridized carbons (Fsp3) is 0.479. The summed E-state index contributed by atoms with van der Waals surface area (Å²) in [6.45, 7) is 8.07. The SMILES string of the molecule is Nc1nnc(-c2ccccc2O)cc1N1CCO[C@@H](c2ccc(N3CCC(CN4CCC5(CC4)CC(n4cc(C6CC6)c6cc(N7CCC(=O)NC7=O)cnc64)C5)CC3)cc2)C1. The number of nitrogens with two attached hydrogens (primary N) is 1. The van der Waals surface area contributed by atoms with E-state index < -0.39 is 0 Å². The van der Waals surface area contributed by atoms with E-state index in [2.05, 4.69) is 71.3 Å². The summed E-state index contributed by atoms with van der Waals surface area (Å²) in [5.41, 5.74) is 14.4. The molecule has 0 radical (unpaired) electrons. The Balaban J connectivity index is 0.657. The molecule has 2 aromatic carbocycles. The molecule has 0 bridgehead atoms. The molecular formula is C48H56N10O4. The monoisotopic (exact) mass is 836 g/mol. The number of anilines is 4. The molecule has 3 amide bonds. The van der Waals surface area contributed by atoms with Crippen LogP contribution < -0.4 is 25.8 Å². The second-order valence-corrected chi connectivity index (χ2v) is 18.8. The topological polar surface area (TPSA) is 158 Å². The molecule has 1 spiro atoms. The Hall–Kier alpha value is -5.73. The van der Waals surface area contributed by atoms with E-state index in [1.165, 1.54) is 87.6 Å². The first kappa shape index (κ1) is 39.1. The fourth-order valence-corrected chi connectivity index (χ4v) is 11.0. The van der Waals surface area contributed by atoms with E-state index in [4.69, 9.17) is 15.5 Å². The number of para-hydroxylation sites is 1. The lowest BCUT2D eigenvalue weighted by molar-refractivity contribution is -0.120. The number of amides is 3. The van der Waals surface area contributed by atoms with Gasteiger partial charge in [0.2, 0.25) is 5.91 Å². The lowest BCUT2D eigenvalue weighted by Crippen LogP contribution is -2.49. The molecular weight excluding hydrogens is 781 g/mol. The second-order valence-electron chi connectivity index (χ2n) is 18.8. The minimum atomic E-state index is -0.357. The molecule has 5 aromatic rings. The Labute approximate surface area is 362 Å². The highest BCUT2D eigenvalue weighted by atomic mass is 16.5. The summed E-state index contributed by atoms with van der Waals surface area (Å²) in [6.07, 6.45) is 14.3. The van der Waals surface area contributed by atoms with E-state index in [-0.39, 0.29) is 23.8 Å². The van der Waals surface area contributed by atoms with Crippen LogP contribution in [0.4, 0.5) is 27.7 Å². The van der Waals surface area contributed by atoms with Crippen LogP contribution in [-0.2, 0) is 9.53 Å². The van der Waals surface area contributed by atoms with Crippen molar-refractivity contribution in [3.8, 4) is 17.0 Å². The third-order valence-electron chi connectivity index (χ3n) is 14.9. The number of phenols is 1. The highest BCUT2D eigenvalue weighted by molar-refractivity contribution is 6.06. The number of rotatable bonds is 9. The molecule has 62 heavy (non-hydrogen) atoms. The number of hydrogen-bond acceptors (Lipinski definition) is 11. The number of aromatic hydroxyl groups is 1. The zero-order valence-electron chi connectivity index (χ0n) is 35.3. The average molecular weight is 837 g/mol. The number of urea groups is 1. The maximum Gasteiger partial charge on any atom is 0.328 e. The van der Waals surface area contributed by atoms with Crippen LogP contribution in [0, 0.1) is 11.3 Å². The number of benzene rings is 2. The average Bonchev–Trinajstić information content (AvgIpc) is 4.07. The fourth-order valence-electron chi connectivity index (χ4n) is 11.0. The number of carbonyl (C=O) groups excluding carboxylic acids is 2. The normalized spacial score (nSPS) is 22.6. The molecule has 322 valence electrons. The predicted molar refractivity (Wildman–Crippen MR) is 239 cm³/mol. The molecule has 0 unspecified atom stereocenters. The molecule has 1 atom stereocenters. The number of nitrogen functional groups attached to an aromatic ring is 1. The molecule has 4 saturated heterocycles. The number of likely N-dealkylation sites (tertiary alicyclic amines) is 1. The number of morpholine rings is 1. The van der Waals surface area contributed by atoms with Gasteiger partial charge >= 0.3 is 6.03 Å². The van der Waals surface area contributed by atoms with Crippen molar-refractivity contribution in [3.63, 3.8) is 0 Å². The van der Waals surface area contributed by atoms with Gasteiger partial charge in [0, 0.05) is 74.6 Å². The van der Waals surface area contributed by atoms with Crippen LogP contribution in [0.25, 0.3) is 22.3 Å². The van der Waals surface area contributed by atoms with Gasteiger partial charge in [-0.05, 0) is 129 Å². The maximum absolute atomic E-state index is 12.6. The van der Waals surface area contributed by atoms with Crippen molar-refractivity contribution in [2.24, 2.45) is 11.3 Å².